The third-order valence-corrected chi connectivity index (χ3v) is 4.07. The fourth-order valence-corrected chi connectivity index (χ4v) is 2.55. The van der Waals surface area contributed by atoms with E-state index in [-0.39, 0.29) is 5.91 Å². The van der Waals surface area contributed by atoms with E-state index >= 15 is 0 Å². The van der Waals surface area contributed by atoms with Crippen molar-refractivity contribution >= 4 is 11.7 Å². The summed E-state index contributed by atoms with van der Waals surface area (Å²) in [5.41, 5.74) is 2.63. The Bertz CT molecular complexity index is 840. The highest BCUT2D eigenvalue weighted by molar-refractivity contribution is 5.92. The summed E-state index contributed by atoms with van der Waals surface area (Å²) in [5.74, 6) is 0.706. The second kappa shape index (κ2) is 8.29. The number of carbonyl (C=O) groups is 1. The van der Waals surface area contributed by atoms with Crippen molar-refractivity contribution in [2.24, 2.45) is 0 Å². The molecule has 134 valence electrons. The number of amides is 1. The number of aryl methyl sites for hydroxylation is 2. The van der Waals surface area contributed by atoms with Crippen molar-refractivity contribution in [3.05, 3.63) is 77.7 Å². The van der Waals surface area contributed by atoms with Crippen molar-refractivity contribution in [2.45, 2.75) is 19.5 Å². The van der Waals surface area contributed by atoms with Gasteiger partial charge in [0.1, 0.15) is 11.5 Å². The molecule has 0 atom stereocenters. The summed E-state index contributed by atoms with van der Waals surface area (Å²) in [4.78, 5) is 18.5. The number of hydrogen-bond acceptors (Lipinski definition) is 4. The molecule has 3 aromatic rings. The molecule has 0 unspecified atom stereocenters. The molecule has 0 aliphatic rings. The van der Waals surface area contributed by atoms with Crippen molar-refractivity contribution in [3.63, 3.8) is 0 Å². The number of rotatable bonds is 7. The van der Waals surface area contributed by atoms with Crippen LogP contribution in [-0.4, -0.2) is 34.8 Å². The molecule has 1 N–H and O–H groups in total. The summed E-state index contributed by atoms with van der Waals surface area (Å²) in [7, 11) is 3.88. The Labute approximate surface area is 153 Å². The van der Waals surface area contributed by atoms with E-state index in [1.54, 1.807) is 16.9 Å². The Morgan fingerprint density at radius 1 is 1.08 bits per heavy atom. The summed E-state index contributed by atoms with van der Waals surface area (Å²) >= 11 is 0. The van der Waals surface area contributed by atoms with Crippen LogP contribution in [0.4, 0.5) is 5.82 Å². The van der Waals surface area contributed by atoms with Crippen LogP contribution in [0.15, 0.2) is 60.9 Å². The number of pyridine rings is 1. The summed E-state index contributed by atoms with van der Waals surface area (Å²) in [6, 6.07) is 15.9. The Morgan fingerprint density at radius 2 is 1.88 bits per heavy atom. The van der Waals surface area contributed by atoms with Gasteiger partial charge in [-0.05, 0) is 29.7 Å². The summed E-state index contributed by atoms with van der Waals surface area (Å²) in [6.45, 7) is 1.17. The van der Waals surface area contributed by atoms with Gasteiger partial charge in [-0.25, -0.2) is 4.98 Å². The molecule has 6 nitrogen and oxygen atoms in total. The molecule has 0 bridgehead atoms. The minimum atomic E-state index is -0.180. The first kappa shape index (κ1) is 17.7. The van der Waals surface area contributed by atoms with Gasteiger partial charge in [0, 0.05) is 39.6 Å². The first-order valence-electron chi connectivity index (χ1n) is 8.59. The van der Waals surface area contributed by atoms with Crippen LogP contribution in [-0.2, 0) is 19.5 Å². The molecule has 6 heteroatoms. The molecule has 0 aliphatic carbocycles. The second-order valence-electron chi connectivity index (χ2n) is 6.30. The van der Waals surface area contributed by atoms with Gasteiger partial charge in [-0.15, -0.1) is 0 Å². The highest BCUT2D eigenvalue weighted by atomic mass is 16.1. The minimum Gasteiger partial charge on any atom is -0.363 e. The van der Waals surface area contributed by atoms with Gasteiger partial charge in [-0.2, -0.15) is 5.10 Å². The number of aromatic nitrogens is 3. The highest BCUT2D eigenvalue weighted by Gasteiger charge is 2.09. The van der Waals surface area contributed by atoms with E-state index in [1.165, 1.54) is 5.56 Å². The van der Waals surface area contributed by atoms with Crippen LogP contribution in [0.1, 0.15) is 21.6 Å². The Hall–Kier alpha value is -3.15. The van der Waals surface area contributed by atoms with Crippen molar-refractivity contribution in [1.29, 1.82) is 0 Å². The number of nitrogens with zero attached hydrogens (tertiary/aromatic N) is 4. The highest BCUT2D eigenvalue weighted by Crippen LogP contribution is 2.08. The maximum atomic E-state index is 12.3. The Morgan fingerprint density at radius 3 is 2.58 bits per heavy atom. The maximum absolute atomic E-state index is 12.3. The second-order valence-corrected chi connectivity index (χ2v) is 6.30. The van der Waals surface area contributed by atoms with Crippen LogP contribution in [0.25, 0.3) is 0 Å². The molecule has 2 aromatic heterocycles. The molecule has 2 heterocycles. The van der Waals surface area contributed by atoms with Crippen LogP contribution in [0.5, 0.6) is 0 Å². The van der Waals surface area contributed by atoms with E-state index in [4.69, 9.17) is 0 Å². The summed E-state index contributed by atoms with van der Waals surface area (Å²) in [6.07, 6.45) is 4.49. The van der Waals surface area contributed by atoms with Crippen LogP contribution >= 0.6 is 0 Å². The third kappa shape index (κ3) is 4.69. The van der Waals surface area contributed by atoms with Crippen LogP contribution in [0, 0.1) is 0 Å². The fraction of sp³-hybridized carbons (Fsp3) is 0.250. The predicted molar refractivity (Wildman–Crippen MR) is 102 cm³/mol. The molecule has 0 saturated carbocycles. The van der Waals surface area contributed by atoms with Crippen LogP contribution in [0.3, 0.4) is 0 Å². The standard InChI is InChI=1S/C20H23N5O/c1-24(2)19-9-8-17(14-21-19)15-22-20(26)18-11-13-25(23-18)12-10-16-6-4-3-5-7-16/h3-9,11,13-14H,10,12,15H2,1-2H3,(H,22,26). The molecule has 1 amide bonds. The van der Waals surface area contributed by atoms with Crippen molar-refractivity contribution in [3.8, 4) is 0 Å². The molecular formula is C20H23N5O. The average Bonchev–Trinajstić information content (AvgIpc) is 3.15. The van der Waals surface area contributed by atoms with Crippen molar-refractivity contribution in [2.75, 3.05) is 19.0 Å². The Kier molecular flexibility index (Phi) is 5.63. The smallest absolute Gasteiger partial charge is 0.272 e. The molecule has 26 heavy (non-hydrogen) atoms. The number of benzene rings is 1. The first-order chi connectivity index (χ1) is 12.6. The minimum absolute atomic E-state index is 0.180. The van der Waals surface area contributed by atoms with E-state index in [9.17, 15) is 4.79 Å². The quantitative estimate of drug-likeness (QED) is 0.712. The lowest BCUT2D eigenvalue weighted by atomic mass is 10.2. The fourth-order valence-electron chi connectivity index (χ4n) is 2.55. The molecule has 0 spiro atoms. The van der Waals surface area contributed by atoms with Gasteiger partial charge >= 0.3 is 0 Å². The molecular weight excluding hydrogens is 326 g/mol. The van der Waals surface area contributed by atoms with Crippen molar-refractivity contribution < 1.29 is 4.79 Å². The zero-order valence-corrected chi connectivity index (χ0v) is 15.1. The molecule has 0 aliphatic heterocycles. The SMILES string of the molecule is CN(C)c1ccc(CNC(=O)c2ccn(CCc3ccccc3)n2)cn1. The third-order valence-electron chi connectivity index (χ3n) is 4.07. The van der Waals surface area contributed by atoms with E-state index < -0.39 is 0 Å². The maximum Gasteiger partial charge on any atom is 0.272 e. The van der Waals surface area contributed by atoms with Gasteiger partial charge in [0.25, 0.3) is 5.91 Å². The Balaban J connectivity index is 1.51. The largest absolute Gasteiger partial charge is 0.363 e. The first-order valence-corrected chi connectivity index (χ1v) is 8.59. The van der Waals surface area contributed by atoms with E-state index in [0.29, 0.717) is 12.2 Å². The topological polar surface area (TPSA) is 63.1 Å². The molecule has 1 aromatic carbocycles. The lowest BCUT2D eigenvalue weighted by molar-refractivity contribution is 0.0945. The molecule has 0 saturated heterocycles. The normalized spacial score (nSPS) is 10.5. The summed E-state index contributed by atoms with van der Waals surface area (Å²) in [5, 5.41) is 7.24. The summed E-state index contributed by atoms with van der Waals surface area (Å²) < 4.78 is 1.80. The van der Waals surface area contributed by atoms with Crippen LogP contribution < -0.4 is 10.2 Å². The predicted octanol–water partition coefficient (Wildman–Crippen LogP) is 2.52. The zero-order valence-electron chi connectivity index (χ0n) is 15.1. The number of carbonyl (C=O) groups excluding carboxylic acids is 1. The van der Waals surface area contributed by atoms with E-state index in [1.807, 2.05) is 55.5 Å². The van der Waals surface area contributed by atoms with E-state index in [2.05, 4.69) is 27.5 Å². The zero-order chi connectivity index (χ0) is 18.4. The van der Waals surface area contributed by atoms with Gasteiger partial charge in [0.05, 0.1) is 0 Å². The molecule has 3 rings (SSSR count). The average molecular weight is 349 g/mol. The monoisotopic (exact) mass is 349 g/mol. The van der Waals surface area contributed by atoms with Crippen molar-refractivity contribution in [1.82, 2.24) is 20.1 Å². The van der Waals surface area contributed by atoms with Gasteiger partial charge in [0.2, 0.25) is 0 Å². The van der Waals surface area contributed by atoms with E-state index in [0.717, 1.165) is 24.3 Å². The lowest BCUT2D eigenvalue weighted by Gasteiger charge is -2.11. The molecule has 0 fully saturated rings. The number of nitrogens with one attached hydrogen (secondary N) is 1. The van der Waals surface area contributed by atoms with Crippen LogP contribution in [0.2, 0.25) is 0 Å². The lowest BCUT2D eigenvalue weighted by Crippen LogP contribution is -2.23. The molecule has 0 radical (unpaired) electrons. The van der Waals surface area contributed by atoms with Gasteiger partial charge in [-0.1, -0.05) is 36.4 Å². The van der Waals surface area contributed by atoms with Gasteiger partial charge in [-0.3, -0.25) is 9.48 Å². The number of anilines is 1. The number of hydrogen-bond donors (Lipinski definition) is 1. The van der Waals surface area contributed by atoms with Gasteiger partial charge in [0.15, 0.2) is 0 Å². The van der Waals surface area contributed by atoms with Gasteiger partial charge < -0.3 is 10.2 Å².